The van der Waals surface area contributed by atoms with Crippen molar-refractivity contribution in [1.29, 1.82) is 0 Å². The van der Waals surface area contributed by atoms with Crippen LogP contribution in [-0.2, 0) is 26.9 Å². The van der Waals surface area contributed by atoms with E-state index in [-0.39, 0.29) is 12.3 Å². The highest BCUT2D eigenvalue weighted by molar-refractivity contribution is 7.91. The summed E-state index contributed by atoms with van der Waals surface area (Å²) in [5, 5.41) is 2.62. The number of carbonyl (C=O) groups is 1. The summed E-state index contributed by atoms with van der Waals surface area (Å²) in [5.41, 5.74) is 2.82. The summed E-state index contributed by atoms with van der Waals surface area (Å²) < 4.78 is 41.4. The molecule has 2 aromatic carbocycles. The second-order valence-electron chi connectivity index (χ2n) is 7.35. The molecule has 0 unspecified atom stereocenters. The summed E-state index contributed by atoms with van der Waals surface area (Å²) in [6.07, 6.45) is 0. The zero-order valence-electron chi connectivity index (χ0n) is 18.5. The molecule has 1 heterocycles. The van der Waals surface area contributed by atoms with Gasteiger partial charge in [-0.1, -0.05) is 29.8 Å². The number of amides is 1. The normalized spacial score (nSPS) is 11.2. The van der Waals surface area contributed by atoms with Crippen molar-refractivity contribution < 1.29 is 27.1 Å². The minimum Gasteiger partial charge on any atom is -0.493 e. The van der Waals surface area contributed by atoms with E-state index in [1.807, 2.05) is 31.2 Å². The molecular weight excluding hydrogens is 432 g/mol. The fourth-order valence-electron chi connectivity index (χ4n) is 3.18. The molecule has 8 nitrogen and oxygen atoms in total. The van der Waals surface area contributed by atoms with Gasteiger partial charge in [0.2, 0.25) is 11.8 Å². The van der Waals surface area contributed by atoms with Gasteiger partial charge in [0.15, 0.2) is 21.3 Å². The first-order valence-corrected chi connectivity index (χ1v) is 11.7. The van der Waals surface area contributed by atoms with Crippen LogP contribution in [0.15, 0.2) is 46.9 Å². The number of hydrogen-bond donors (Lipinski definition) is 1. The Hall–Kier alpha value is -3.33. The third-order valence-electron chi connectivity index (χ3n) is 4.86. The Morgan fingerprint density at radius 2 is 1.78 bits per heavy atom. The fourth-order valence-corrected chi connectivity index (χ4v) is 4.47. The highest BCUT2D eigenvalue weighted by Crippen LogP contribution is 2.30. The van der Waals surface area contributed by atoms with E-state index in [1.54, 1.807) is 25.1 Å². The first-order chi connectivity index (χ1) is 15.2. The number of aryl methyl sites for hydroxylation is 2. The molecule has 1 amide bonds. The van der Waals surface area contributed by atoms with E-state index in [0.29, 0.717) is 34.4 Å². The summed E-state index contributed by atoms with van der Waals surface area (Å²) in [5.74, 6) is 0.107. The van der Waals surface area contributed by atoms with Gasteiger partial charge in [0.25, 0.3) is 0 Å². The van der Waals surface area contributed by atoms with E-state index >= 15 is 0 Å². The molecule has 0 aliphatic heterocycles. The molecule has 0 aliphatic carbocycles. The molecule has 0 bridgehead atoms. The molecule has 32 heavy (non-hydrogen) atoms. The van der Waals surface area contributed by atoms with E-state index in [0.717, 1.165) is 11.1 Å². The maximum absolute atomic E-state index is 12.6. The van der Waals surface area contributed by atoms with E-state index in [9.17, 15) is 13.2 Å². The standard InChI is InChI=1S/C23H26N2O6S/c1-15-8-10-17(11-9-15)23-25-19(16(2)31-23)13-32(27,28)14-21(26)24-12-18-6-5-7-20(29-3)22(18)30-4/h5-11H,12-14H2,1-4H3,(H,24,26). The second kappa shape index (κ2) is 9.86. The van der Waals surface area contributed by atoms with Gasteiger partial charge >= 0.3 is 0 Å². The van der Waals surface area contributed by atoms with Gasteiger partial charge in [-0.05, 0) is 32.0 Å². The maximum Gasteiger partial charge on any atom is 0.235 e. The summed E-state index contributed by atoms with van der Waals surface area (Å²) in [6.45, 7) is 3.73. The quantitative estimate of drug-likeness (QED) is 0.525. The minimum atomic E-state index is -3.76. The highest BCUT2D eigenvalue weighted by atomic mass is 32.2. The van der Waals surface area contributed by atoms with Gasteiger partial charge in [-0.3, -0.25) is 4.79 Å². The van der Waals surface area contributed by atoms with Crippen LogP contribution in [0.2, 0.25) is 0 Å². The number of nitrogens with zero attached hydrogens (tertiary/aromatic N) is 1. The van der Waals surface area contributed by atoms with E-state index < -0.39 is 21.5 Å². The SMILES string of the molecule is COc1cccc(CNC(=O)CS(=O)(=O)Cc2nc(-c3ccc(C)cc3)oc2C)c1OC. The van der Waals surface area contributed by atoms with Crippen molar-refractivity contribution in [2.24, 2.45) is 0 Å². The smallest absolute Gasteiger partial charge is 0.235 e. The number of rotatable bonds is 9. The molecule has 170 valence electrons. The topological polar surface area (TPSA) is 108 Å². The van der Waals surface area contributed by atoms with Crippen molar-refractivity contribution in [3.8, 4) is 23.0 Å². The number of methoxy groups -OCH3 is 2. The summed E-state index contributed by atoms with van der Waals surface area (Å²) in [7, 11) is -0.740. The molecule has 0 aliphatic rings. The molecule has 0 spiro atoms. The first kappa shape index (κ1) is 23.3. The Morgan fingerprint density at radius 3 is 2.44 bits per heavy atom. The lowest BCUT2D eigenvalue weighted by Gasteiger charge is -2.13. The van der Waals surface area contributed by atoms with Crippen LogP contribution in [0.4, 0.5) is 0 Å². The van der Waals surface area contributed by atoms with Crippen LogP contribution in [-0.4, -0.2) is 39.3 Å². The predicted octanol–water partition coefficient (Wildman–Crippen LogP) is 3.21. The summed E-state index contributed by atoms with van der Waals surface area (Å²) >= 11 is 0. The Labute approximate surface area is 187 Å². The average Bonchev–Trinajstić information content (AvgIpc) is 3.11. The van der Waals surface area contributed by atoms with Crippen LogP contribution in [0.1, 0.15) is 22.6 Å². The van der Waals surface area contributed by atoms with Crippen molar-refractivity contribution in [3.05, 3.63) is 65.0 Å². The molecule has 0 saturated heterocycles. The Balaban J connectivity index is 1.64. The number of nitrogens with one attached hydrogen (secondary N) is 1. The van der Waals surface area contributed by atoms with Crippen molar-refractivity contribution in [2.45, 2.75) is 26.1 Å². The molecule has 9 heteroatoms. The van der Waals surface area contributed by atoms with Crippen LogP contribution in [0.5, 0.6) is 11.5 Å². The van der Waals surface area contributed by atoms with Crippen LogP contribution in [0.25, 0.3) is 11.5 Å². The monoisotopic (exact) mass is 458 g/mol. The fraction of sp³-hybridized carbons (Fsp3) is 0.304. The Bertz CT molecular complexity index is 1200. The number of sulfone groups is 1. The van der Waals surface area contributed by atoms with Crippen LogP contribution in [0, 0.1) is 13.8 Å². The van der Waals surface area contributed by atoms with Gasteiger partial charge in [0.1, 0.15) is 11.5 Å². The van der Waals surface area contributed by atoms with E-state index in [2.05, 4.69) is 10.3 Å². The molecular formula is C23H26N2O6S. The number of ether oxygens (including phenoxy) is 2. The second-order valence-corrected chi connectivity index (χ2v) is 9.41. The van der Waals surface area contributed by atoms with Gasteiger partial charge in [-0.2, -0.15) is 0 Å². The molecule has 1 N–H and O–H groups in total. The van der Waals surface area contributed by atoms with Gasteiger partial charge < -0.3 is 19.2 Å². The number of benzene rings is 2. The van der Waals surface area contributed by atoms with Gasteiger partial charge in [0.05, 0.1) is 25.7 Å². The third-order valence-corrected chi connectivity index (χ3v) is 6.27. The third kappa shape index (κ3) is 5.67. The highest BCUT2D eigenvalue weighted by Gasteiger charge is 2.22. The summed E-state index contributed by atoms with van der Waals surface area (Å²) in [6, 6.07) is 12.8. The van der Waals surface area contributed by atoms with E-state index in [4.69, 9.17) is 13.9 Å². The lowest BCUT2D eigenvalue weighted by atomic mass is 10.1. The molecule has 3 rings (SSSR count). The number of para-hydroxylation sites is 1. The summed E-state index contributed by atoms with van der Waals surface area (Å²) in [4.78, 5) is 16.6. The van der Waals surface area contributed by atoms with E-state index in [1.165, 1.54) is 14.2 Å². The maximum atomic E-state index is 12.6. The number of carbonyl (C=O) groups excluding carboxylic acids is 1. The number of aromatic nitrogens is 1. The van der Waals surface area contributed by atoms with Crippen LogP contribution in [0.3, 0.4) is 0 Å². The average molecular weight is 459 g/mol. The molecule has 0 radical (unpaired) electrons. The first-order valence-electron chi connectivity index (χ1n) is 9.92. The van der Waals surface area contributed by atoms with Crippen molar-refractivity contribution >= 4 is 15.7 Å². The van der Waals surface area contributed by atoms with Gasteiger partial charge in [-0.15, -0.1) is 0 Å². The molecule has 1 aromatic heterocycles. The van der Waals surface area contributed by atoms with Crippen LogP contribution < -0.4 is 14.8 Å². The lowest BCUT2D eigenvalue weighted by Crippen LogP contribution is -2.30. The van der Waals surface area contributed by atoms with Crippen molar-refractivity contribution in [2.75, 3.05) is 20.0 Å². The molecule has 0 fully saturated rings. The van der Waals surface area contributed by atoms with Gasteiger partial charge in [0, 0.05) is 17.7 Å². The molecule has 0 atom stereocenters. The predicted molar refractivity (Wildman–Crippen MR) is 120 cm³/mol. The van der Waals surface area contributed by atoms with Crippen molar-refractivity contribution in [1.82, 2.24) is 10.3 Å². The Kier molecular flexibility index (Phi) is 7.19. The van der Waals surface area contributed by atoms with Crippen LogP contribution >= 0.6 is 0 Å². The zero-order valence-corrected chi connectivity index (χ0v) is 19.3. The molecule has 3 aromatic rings. The zero-order chi connectivity index (χ0) is 23.3. The van der Waals surface area contributed by atoms with Gasteiger partial charge in [-0.25, -0.2) is 13.4 Å². The largest absolute Gasteiger partial charge is 0.493 e. The van der Waals surface area contributed by atoms with Crippen molar-refractivity contribution in [3.63, 3.8) is 0 Å². The number of hydrogen-bond acceptors (Lipinski definition) is 7. The lowest BCUT2D eigenvalue weighted by molar-refractivity contribution is -0.118. The molecule has 0 saturated carbocycles. The Morgan fingerprint density at radius 1 is 1.06 bits per heavy atom. The number of oxazole rings is 1. The minimum absolute atomic E-state index is 0.106.